The lowest BCUT2D eigenvalue weighted by atomic mass is 10.2. The van der Waals surface area contributed by atoms with Gasteiger partial charge in [-0.05, 0) is 28.9 Å². The summed E-state index contributed by atoms with van der Waals surface area (Å²) in [4.78, 5) is 15.2. The van der Waals surface area contributed by atoms with E-state index in [0.29, 0.717) is 12.2 Å². The van der Waals surface area contributed by atoms with Gasteiger partial charge in [0.1, 0.15) is 0 Å². The van der Waals surface area contributed by atoms with Crippen molar-refractivity contribution in [3.05, 3.63) is 28.5 Å². The van der Waals surface area contributed by atoms with E-state index >= 15 is 0 Å². The van der Waals surface area contributed by atoms with E-state index in [4.69, 9.17) is 16.3 Å². The van der Waals surface area contributed by atoms with E-state index in [9.17, 15) is 4.79 Å². The number of esters is 1. The van der Waals surface area contributed by atoms with Crippen molar-refractivity contribution in [1.29, 1.82) is 0 Å². The van der Waals surface area contributed by atoms with Crippen LogP contribution in [-0.2, 0) is 9.53 Å². The molecule has 1 heterocycles. The van der Waals surface area contributed by atoms with Gasteiger partial charge in [0.2, 0.25) is 0 Å². The van der Waals surface area contributed by atoms with Crippen LogP contribution in [0.2, 0.25) is 0 Å². The van der Waals surface area contributed by atoms with E-state index < -0.39 is 11.3 Å². The summed E-state index contributed by atoms with van der Waals surface area (Å²) in [6, 6.07) is 1.74. The van der Waals surface area contributed by atoms with Crippen LogP contribution in [0.5, 0.6) is 0 Å². The molecule has 0 aliphatic rings. The third kappa shape index (κ3) is 2.96. The van der Waals surface area contributed by atoms with E-state index in [1.54, 1.807) is 25.4 Å². The first kappa shape index (κ1) is 11.5. The Bertz CT molecular complexity index is 332. The Morgan fingerprint density at radius 3 is 3.00 bits per heavy atom. The number of carbonyl (C=O) groups is 1. The molecule has 5 heteroatoms. The largest absolute Gasteiger partial charge is 0.465 e. The Morgan fingerprint density at radius 1 is 1.71 bits per heavy atom. The molecule has 0 N–H and O–H groups in total. The Hall–Kier alpha value is -0.610. The normalized spacial score (nSPS) is 12.2. The number of carbonyl (C=O) groups excluding carboxylic acids is 1. The second kappa shape index (κ2) is 5.32. The van der Waals surface area contributed by atoms with Crippen LogP contribution in [-0.4, -0.2) is 17.6 Å². The SMILES string of the molecule is CCOC(=O)C(Cl)c1cncc(Br)c1. The van der Waals surface area contributed by atoms with Crippen molar-refractivity contribution >= 4 is 33.5 Å². The van der Waals surface area contributed by atoms with Crippen molar-refractivity contribution in [1.82, 2.24) is 4.98 Å². The van der Waals surface area contributed by atoms with Gasteiger partial charge < -0.3 is 4.74 Å². The van der Waals surface area contributed by atoms with Gasteiger partial charge in [0, 0.05) is 22.4 Å². The fraction of sp³-hybridized carbons (Fsp3) is 0.333. The summed E-state index contributed by atoms with van der Waals surface area (Å²) in [6.45, 7) is 2.06. The van der Waals surface area contributed by atoms with E-state index in [0.717, 1.165) is 4.47 Å². The van der Waals surface area contributed by atoms with Crippen LogP contribution in [0.25, 0.3) is 0 Å². The van der Waals surface area contributed by atoms with Crippen LogP contribution >= 0.6 is 27.5 Å². The van der Waals surface area contributed by atoms with E-state index in [-0.39, 0.29) is 0 Å². The number of nitrogens with zero attached hydrogens (tertiary/aromatic N) is 1. The molecule has 1 unspecified atom stereocenters. The first-order chi connectivity index (χ1) is 6.65. The third-order valence-electron chi connectivity index (χ3n) is 1.51. The maximum absolute atomic E-state index is 11.3. The van der Waals surface area contributed by atoms with Gasteiger partial charge in [0.25, 0.3) is 0 Å². The minimum Gasteiger partial charge on any atom is -0.465 e. The minimum absolute atomic E-state index is 0.323. The van der Waals surface area contributed by atoms with Crippen molar-refractivity contribution in [2.45, 2.75) is 12.3 Å². The molecule has 0 spiro atoms. The quantitative estimate of drug-likeness (QED) is 0.630. The minimum atomic E-state index is -0.792. The third-order valence-corrected chi connectivity index (χ3v) is 2.38. The van der Waals surface area contributed by atoms with Crippen molar-refractivity contribution in [2.24, 2.45) is 0 Å². The lowest BCUT2D eigenvalue weighted by molar-refractivity contribution is -0.142. The molecule has 0 aliphatic carbocycles. The van der Waals surface area contributed by atoms with Crippen LogP contribution in [0.1, 0.15) is 17.9 Å². The Morgan fingerprint density at radius 2 is 2.43 bits per heavy atom. The van der Waals surface area contributed by atoms with Crippen LogP contribution in [0, 0.1) is 0 Å². The highest BCUT2D eigenvalue weighted by Gasteiger charge is 2.19. The second-order valence-corrected chi connectivity index (χ2v) is 3.90. The first-order valence-corrected chi connectivity index (χ1v) is 5.29. The van der Waals surface area contributed by atoms with Crippen LogP contribution in [0.15, 0.2) is 22.9 Å². The molecule has 1 aromatic rings. The monoisotopic (exact) mass is 277 g/mol. The van der Waals surface area contributed by atoms with Crippen molar-refractivity contribution in [3.8, 4) is 0 Å². The van der Waals surface area contributed by atoms with Gasteiger partial charge in [-0.1, -0.05) is 0 Å². The van der Waals surface area contributed by atoms with E-state index in [2.05, 4.69) is 20.9 Å². The van der Waals surface area contributed by atoms with Crippen molar-refractivity contribution in [2.75, 3.05) is 6.61 Å². The number of pyridine rings is 1. The molecule has 0 saturated carbocycles. The number of rotatable bonds is 3. The molecular formula is C9H9BrClNO2. The molecule has 1 atom stereocenters. The number of halogens is 2. The maximum Gasteiger partial charge on any atom is 0.328 e. The second-order valence-electron chi connectivity index (χ2n) is 2.55. The van der Waals surface area contributed by atoms with E-state index in [1.165, 1.54) is 0 Å². The van der Waals surface area contributed by atoms with Crippen LogP contribution in [0.4, 0.5) is 0 Å². The lowest BCUT2D eigenvalue weighted by Gasteiger charge is -2.08. The summed E-state index contributed by atoms with van der Waals surface area (Å²) >= 11 is 9.12. The van der Waals surface area contributed by atoms with Gasteiger partial charge in [0.05, 0.1) is 6.61 Å². The van der Waals surface area contributed by atoms with Gasteiger partial charge in [-0.15, -0.1) is 11.6 Å². The average Bonchev–Trinajstić information content (AvgIpc) is 2.17. The molecule has 0 saturated heterocycles. The Kier molecular flexibility index (Phi) is 4.35. The summed E-state index contributed by atoms with van der Waals surface area (Å²) in [5.74, 6) is -0.450. The Balaban J connectivity index is 2.78. The molecule has 0 bridgehead atoms. The summed E-state index contributed by atoms with van der Waals surface area (Å²) in [6.07, 6.45) is 3.16. The number of ether oxygens (including phenoxy) is 1. The standard InChI is InChI=1S/C9H9BrClNO2/c1-2-14-9(13)8(11)6-3-7(10)5-12-4-6/h3-5,8H,2H2,1H3. The predicted molar refractivity (Wildman–Crippen MR) is 57.2 cm³/mol. The highest BCUT2D eigenvalue weighted by atomic mass is 79.9. The van der Waals surface area contributed by atoms with Gasteiger partial charge in [-0.2, -0.15) is 0 Å². The molecular weight excluding hydrogens is 269 g/mol. The zero-order valence-corrected chi connectivity index (χ0v) is 9.88. The number of hydrogen-bond acceptors (Lipinski definition) is 3. The zero-order valence-electron chi connectivity index (χ0n) is 7.54. The number of hydrogen-bond donors (Lipinski definition) is 0. The summed E-state index contributed by atoms with van der Waals surface area (Å²) in [5, 5.41) is -0.792. The maximum atomic E-state index is 11.3. The molecule has 0 fully saturated rings. The summed E-state index contributed by atoms with van der Waals surface area (Å²) < 4.78 is 5.57. The van der Waals surface area contributed by atoms with Crippen LogP contribution < -0.4 is 0 Å². The van der Waals surface area contributed by atoms with Gasteiger partial charge in [-0.25, -0.2) is 0 Å². The molecule has 0 aromatic carbocycles. The first-order valence-electron chi connectivity index (χ1n) is 4.06. The zero-order chi connectivity index (χ0) is 10.6. The molecule has 0 amide bonds. The van der Waals surface area contributed by atoms with Gasteiger partial charge in [-0.3, -0.25) is 9.78 Å². The molecule has 0 radical (unpaired) electrons. The molecule has 3 nitrogen and oxygen atoms in total. The van der Waals surface area contributed by atoms with E-state index in [1.807, 2.05) is 0 Å². The lowest BCUT2D eigenvalue weighted by Crippen LogP contribution is -2.11. The molecule has 0 aliphatic heterocycles. The van der Waals surface area contributed by atoms with Gasteiger partial charge >= 0.3 is 5.97 Å². The molecule has 1 aromatic heterocycles. The number of alkyl halides is 1. The topological polar surface area (TPSA) is 39.2 Å². The van der Waals surface area contributed by atoms with Crippen molar-refractivity contribution < 1.29 is 9.53 Å². The Labute approximate surface area is 95.6 Å². The van der Waals surface area contributed by atoms with Crippen LogP contribution in [0.3, 0.4) is 0 Å². The summed E-state index contributed by atoms with van der Waals surface area (Å²) in [7, 11) is 0. The highest BCUT2D eigenvalue weighted by Crippen LogP contribution is 2.23. The highest BCUT2D eigenvalue weighted by molar-refractivity contribution is 9.10. The fourth-order valence-electron chi connectivity index (χ4n) is 0.918. The molecule has 76 valence electrons. The number of aromatic nitrogens is 1. The van der Waals surface area contributed by atoms with Crippen molar-refractivity contribution in [3.63, 3.8) is 0 Å². The smallest absolute Gasteiger partial charge is 0.328 e. The fourth-order valence-corrected chi connectivity index (χ4v) is 1.48. The van der Waals surface area contributed by atoms with Gasteiger partial charge in [0.15, 0.2) is 5.38 Å². The average molecular weight is 279 g/mol. The predicted octanol–water partition coefficient (Wildman–Crippen LogP) is 2.69. The molecule has 14 heavy (non-hydrogen) atoms. The summed E-state index contributed by atoms with van der Waals surface area (Å²) in [5.41, 5.74) is 0.625. The molecule has 1 rings (SSSR count).